The van der Waals surface area contributed by atoms with Crippen molar-refractivity contribution in [1.82, 2.24) is 0 Å². The summed E-state index contributed by atoms with van der Waals surface area (Å²) in [7, 11) is 0. The Hall–Kier alpha value is -4.19. The molecule has 0 unspecified atom stereocenters. The Kier molecular flexibility index (Phi) is 6.12. The van der Waals surface area contributed by atoms with Gasteiger partial charge in [0.2, 0.25) is 0 Å². The van der Waals surface area contributed by atoms with E-state index in [0.717, 1.165) is 17.7 Å². The van der Waals surface area contributed by atoms with Crippen molar-refractivity contribution in [2.24, 2.45) is 0 Å². The van der Waals surface area contributed by atoms with Gasteiger partial charge in [0.15, 0.2) is 0 Å². The molecule has 6 heteroatoms. The molecule has 4 nitrogen and oxygen atoms in total. The lowest BCUT2D eigenvalue weighted by Gasteiger charge is -2.23. The molecular weight excluding hydrogens is 412 g/mol. The van der Waals surface area contributed by atoms with Crippen molar-refractivity contribution in [3.8, 4) is 16.9 Å². The first-order valence-corrected chi connectivity index (χ1v) is 9.88. The van der Waals surface area contributed by atoms with Gasteiger partial charge in [-0.3, -0.25) is 0 Å². The van der Waals surface area contributed by atoms with Crippen molar-refractivity contribution in [1.29, 1.82) is 0 Å². The maximum atomic E-state index is 14.2. The van der Waals surface area contributed by atoms with E-state index in [2.05, 4.69) is 0 Å². The number of anilines is 1. The number of aromatic hydroxyl groups is 1. The van der Waals surface area contributed by atoms with Crippen LogP contribution in [0, 0.1) is 11.6 Å². The number of carbonyl (C=O) groups excluding carboxylic acids is 1. The monoisotopic (exact) mass is 431 g/mol. The maximum absolute atomic E-state index is 14.2. The summed E-state index contributed by atoms with van der Waals surface area (Å²) in [5.41, 5.74) is 1.83. The third-order valence-electron chi connectivity index (χ3n) is 4.86. The highest BCUT2D eigenvalue weighted by Crippen LogP contribution is 2.29. The standard InChI is InChI=1S/C26H19F2NO3/c27-20-12-13-22(24(28)16-20)19-11-14-25(30)23(15-19)26(31)32-29(21-9-5-2-6-10-21)17-18-7-3-1-4-8-18/h1-16,30H,17H2. The van der Waals surface area contributed by atoms with Crippen LogP contribution >= 0.6 is 0 Å². The smallest absolute Gasteiger partial charge is 0.366 e. The Morgan fingerprint density at radius 2 is 1.53 bits per heavy atom. The summed E-state index contributed by atoms with van der Waals surface area (Å²) >= 11 is 0. The van der Waals surface area contributed by atoms with Crippen LogP contribution in [0.4, 0.5) is 14.5 Å². The summed E-state index contributed by atoms with van der Waals surface area (Å²) < 4.78 is 27.5. The molecule has 0 heterocycles. The second kappa shape index (κ2) is 9.31. The number of nitrogens with zero attached hydrogens (tertiary/aromatic N) is 1. The van der Waals surface area contributed by atoms with Crippen LogP contribution in [0.1, 0.15) is 15.9 Å². The number of halogens is 2. The molecule has 32 heavy (non-hydrogen) atoms. The highest BCUT2D eigenvalue weighted by Gasteiger charge is 2.20. The summed E-state index contributed by atoms with van der Waals surface area (Å²) in [6, 6.07) is 25.7. The lowest BCUT2D eigenvalue weighted by molar-refractivity contribution is 0.0439. The zero-order valence-corrected chi connectivity index (χ0v) is 16.9. The van der Waals surface area contributed by atoms with Gasteiger partial charge in [-0.05, 0) is 47.5 Å². The fourth-order valence-electron chi connectivity index (χ4n) is 3.26. The number of benzene rings is 4. The van der Waals surface area contributed by atoms with E-state index in [4.69, 9.17) is 4.84 Å². The van der Waals surface area contributed by atoms with Crippen LogP contribution in [0.2, 0.25) is 0 Å². The number of rotatable bonds is 6. The van der Waals surface area contributed by atoms with Crippen LogP contribution in [0.3, 0.4) is 0 Å². The number of hydrogen-bond donors (Lipinski definition) is 1. The van der Waals surface area contributed by atoms with Crippen molar-refractivity contribution in [3.63, 3.8) is 0 Å². The molecule has 4 rings (SSSR count). The minimum Gasteiger partial charge on any atom is -0.507 e. The minimum absolute atomic E-state index is 0.102. The number of para-hydroxylation sites is 1. The van der Waals surface area contributed by atoms with Gasteiger partial charge in [0, 0.05) is 11.6 Å². The Bertz CT molecular complexity index is 1230. The van der Waals surface area contributed by atoms with Crippen molar-refractivity contribution < 1.29 is 23.5 Å². The molecule has 0 radical (unpaired) electrons. The molecule has 0 saturated carbocycles. The highest BCUT2D eigenvalue weighted by atomic mass is 19.1. The van der Waals surface area contributed by atoms with Crippen molar-refractivity contribution in [3.05, 3.63) is 120 Å². The summed E-state index contributed by atoms with van der Waals surface area (Å²) in [5.74, 6) is -2.60. The summed E-state index contributed by atoms with van der Waals surface area (Å²) in [6.07, 6.45) is 0. The van der Waals surface area contributed by atoms with Gasteiger partial charge in [-0.15, -0.1) is 0 Å². The van der Waals surface area contributed by atoms with Crippen LogP contribution in [-0.4, -0.2) is 11.1 Å². The van der Waals surface area contributed by atoms with E-state index in [-0.39, 0.29) is 23.4 Å². The molecule has 0 saturated heterocycles. The fraction of sp³-hybridized carbons (Fsp3) is 0.0385. The predicted molar refractivity (Wildman–Crippen MR) is 118 cm³/mol. The van der Waals surface area contributed by atoms with Gasteiger partial charge in [-0.1, -0.05) is 54.6 Å². The van der Waals surface area contributed by atoms with Crippen molar-refractivity contribution >= 4 is 11.7 Å². The van der Waals surface area contributed by atoms with Gasteiger partial charge >= 0.3 is 5.97 Å². The maximum Gasteiger partial charge on any atom is 0.366 e. The van der Waals surface area contributed by atoms with Gasteiger partial charge in [-0.25, -0.2) is 18.6 Å². The van der Waals surface area contributed by atoms with Gasteiger partial charge in [-0.2, -0.15) is 0 Å². The molecular formula is C26H19F2NO3. The average Bonchev–Trinajstić information content (AvgIpc) is 2.80. The quantitative estimate of drug-likeness (QED) is 0.374. The molecule has 0 aliphatic heterocycles. The molecule has 1 N–H and O–H groups in total. The topological polar surface area (TPSA) is 49.8 Å². The van der Waals surface area contributed by atoms with E-state index in [1.807, 2.05) is 48.5 Å². The zero-order chi connectivity index (χ0) is 22.5. The normalized spacial score (nSPS) is 10.6. The zero-order valence-electron chi connectivity index (χ0n) is 16.9. The first-order chi connectivity index (χ1) is 15.5. The molecule has 0 spiro atoms. The first-order valence-electron chi connectivity index (χ1n) is 9.88. The molecule has 0 aliphatic carbocycles. The highest BCUT2D eigenvalue weighted by molar-refractivity contribution is 5.94. The lowest BCUT2D eigenvalue weighted by atomic mass is 10.0. The third-order valence-corrected chi connectivity index (χ3v) is 4.86. The SMILES string of the molecule is O=C(ON(Cc1ccccc1)c1ccccc1)c1cc(-c2ccc(F)cc2F)ccc1O. The third kappa shape index (κ3) is 4.75. The Morgan fingerprint density at radius 1 is 0.844 bits per heavy atom. The second-order valence-corrected chi connectivity index (χ2v) is 7.09. The van der Waals surface area contributed by atoms with E-state index in [1.54, 1.807) is 12.1 Å². The molecule has 160 valence electrons. The fourth-order valence-corrected chi connectivity index (χ4v) is 3.26. The van der Waals surface area contributed by atoms with Crippen molar-refractivity contribution in [2.75, 3.05) is 5.06 Å². The van der Waals surface area contributed by atoms with Crippen LogP contribution in [0.5, 0.6) is 5.75 Å². The molecule has 0 bridgehead atoms. The molecule has 0 aromatic heterocycles. The number of phenolic OH excluding ortho intramolecular Hbond substituents is 1. The predicted octanol–water partition coefficient (Wildman–Crippen LogP) is 6.12. The Morgan fingerprint density at radius 3 is 2.22 bits per heavy atom. The Labute approximate surface area is 183 Å². The van der Waals surface area contributed by atoms with E-state index in [9.17, 15) is 18.7 Å². The summed E-state index contributed by atoms with van der Waals surface area (Å²) in [5, 5.41) is 11.7. The number of carbonyl (C=O) groups is 1. The average molecular weight is 431 g/mol. The van der Waals surface area contributed by atoms with E-state index in [0.29, 0.717) is 11.3 Å². The molecule has 0 amide bonds. The van der Waals surface area contributed by atoms with Crippen molar-refractivity contribution in [2.45, 2.75) is 6.54 Å². The largest absolute Gasteiger partial charge is 0.507 e. The number of phenols is 1. The molecule has 0 aliphatic rings. The molecule has 0 fully saturated rings. The van der Waals surface area contributed by atoms with Crippen LogP contribution in [0.15, 0.2) is 97.1 Å². The summed E-state index contributed by atoms with van der Waals surface area (Å²) in [6.45, 7) is 0.281. The molecule has 4 aromatic rings. The molecule has 4 aromatic carbocycles. The van der Waals surface area contributed by atoms with E-state index in [1.165, 1.54) is 29.3 Å². The van der Waals surface area contributed by atoms with E-state index >= 15 is 0 Å². The molecule has 0 atom stereocenters. The minimum atomic E-state index is -0.813. The van der Waals surface area contributed by atoms with Crippen LogP contribution in [0.25, 0.3) is 11.1 Å². The number of hydroxylamine groups is 1. The van der Waals surface area contributed by atoms with Crippen LogP contribution < -0.4 is 5.06 Å². The Balaban J connectivity index is 1.64. The first kappa shape index (κ1) is 21.1. The van der Waals surface area contributed by atoms with Gasteiger partial charge < -0.3 is 9.94 Å². The van der Waals surface area contributed by atoms with Gasteiger partial charge in [0.05, 0.1) is 12.2 Å². The van der Waals surface area contributed by atoms with E-state index < -0.39 is 17.6 Å². The van der Waals surface area contributed by atoms with Gasteiger partial charge in [0.1, 0.15) is 22.9 Å². The summed E-state index contributed by atoms with van der Waals surface area (Å²) in [4.78, 5) is 18.6. The lowest BCUT2D eigenvalue weighted by Crippen LogP contribution is -2.27. The second-order valence-electron chi connectivity index (χ2n) is 7.09. The van der Waals surface area contributed by atoms with Gasteiger partial charge in [0.25, 0.3) is 0 Å². The van der Waals surface area contributed by atoms with Crippen LogP contribution in [-0.2, 0) is 11.4 Å². The number of hydrogen-bond acceptors (Lipinski definition) is 4.